The number of carbonyl (C=O) groups is 1. The monoisotopic (exact) mass is 214 g/mol. The average molecular weight is 215 g/mol. The molecule has 3 nitrogen and oxygen atoms in total. The first kappa shape index (κ1) is 12.5. The van der Waals surface area contributed by atoms with Gasteiger partial charge in [-0.25, -0.2) is 0 Å². The van der Waals surface area contributed by atoms with Gasteiger partial charge in [0, 0.05) is 12.5 Å². The second kappa shape index (κ2) is 6.05. The lowest BCUT2D eigenvalue weighted by molar-refractivity contribution is -0.134. The summed E-state index contributed by atoms with van der Waals surface area (Å²) in [4.78, 5) is 9.00. The standard InChI is InChI=1S/C8H6O.C2H4O2.ClH/c1-2-7-4-5-9-6-8(7)3-1;1-2(3)4;/h1-6H;1H3,(H,3,4);1H. The molecule has 0 aromatic heterocycles. The highest BCUT2D eigenvalue weighted by atomic mass is 35.5. The number of fused-ring (bicyclic) bond motifs is 1. The number of carboxylic acid groups (broad SMARTS) is 1. The van der Waals surface area contributed by atoms with Gasteiger partial charge in [0.1, 0.15) is 0 Å². The van der Waals surface area contributed by atoms with Crippen molar-refractivity contribution in [1.29, 1.82) is 0 Å². The molecule has 0 spiro atoms. The van der Waals surface area contributed by atoms with Crippen LogP contribution in [0.15, 0.2) is 41.2 Å². The van der Waals surface area contributed by atoms with Gasteiger partial charge in [0.05, 0.1) is 12.5 Å². The molecule has 14 heavy (non-hydrogen) atoms. The van der Waals surface area contributed by atoms with Gasteiger partial charge in [-0.2, -0.15) is 0 Å². The summed E-state index contributed by atoms with van der Waals surface area (Å²) >= 11 is 0. The highest BCUT2D eigenvalue weighted by Crippen LogP contribution is 2.20. The topological polar surface area (TPSA) is 50.4 Å². The summed E-state index contributed by atoms with van der Waals surface area (Å²) in [6, 6.07) is 8.05. The fourth-order valence-corrected chi connectivity index (χ4v) is 0.932. The molecule has 0 aromatic rings. The Morgan fingerprint density at radius 1 is 1.29 bits per heavy atom. The molecule has 0 atom stereocenters. The fraction of sp³-hybridized carbons (Fsp3) is 0.100. The van der Waals surface area contributed by atoms with Gasteiger partial charge in [-0.3, -0.25) is 4.79 Å². The molecule has 0 unspecified atom stereocenters. The first-order valence-electron chi connectivity index (χ1n) is 3.80. The predicted octanol–water partition coefficient (Wildman–Crippen LogP) is 2.90. The predicted molar refractivity (Wildman–Crippen MR) is 55.9 cm³/mol. The summed E-state index contributed by atoms with van der Waals surface area (Å²) in [6.45, 7) is 1.08. The van der Waals surface area contributed by atoms with E-state index in [0.717, 1.165) is 12.5 Å². The molecule has 1 aliphatic heterocycles. The molecule has 0 aromatic carbocycles. The molecule has 0 radical (unpaired) electrons. The number of carboxylic acids is 1. The van der Waals surface area contributed by atoms with E-state index in [2.05, 4.69) is 6.07 Å². The van der Waals surface area contributed by atoms with Crippen molar-refractivity contribution in [3.63, 3.8) is 0 Å². The van der Waals surface area contributed by atoms with Crippen LogP contribution in [0.25, 0.3) is 11.1 Å². The average Bonchev–Trinajstić information content (AvgIpc) is 2.49. The van der Waals surface area contributed by atoms with Gasteiger partial charge in [-0.1, -0.05) is 18.2 Å². The maximum atomic E-state index is 9.00. The SMILES string of the molecule is CC(=O)O.Cl.c1cc2ccocc-2c1. The molecular formula is C10H11ClO3. The van der Waals surface area contributed by atoms with Gasteiger partial charge in [-0.15, -0.1) is 12.4 Å². The summed E-state index contributed by atoms with van der Waals surface area (Å²) in [5.41, 5.74) is 2.40. The molecule has 2 rings (SSSR count). The molecule has 2 aliphatic rings. The minimum Gasteiger partial charge on any atom is -0.481 e. The van der Waals surface area contributed by atoms with Crippen molar-refractivity contribution >= 4 is 18.4 Å². The second-order valence-corrected chi connectivity index (χ2v) is 2.51. The van der Waals surface area contributed by atoms with E-state index in [9.17, 15) is 0 Å². The molecule has 0 saturated carbocycles. The van der Waals surface area contributed by atoms with Crippen molar-refractivity contribution in [2.45, 2.75) is 6.92 Å². The lowest BCUT2D eigenvalue weighted by atomic mass is 10.2. The van der Waals surface area contributed by atoms with Crippen LogP contribution in [0.1, 0.15) is 6.92 Å². The molecule has 76 valence electrons. The Kier molecular flexibility index (Phi) is 5.41. The zero-order valence-electron chi connectivity index (χ0n) is 7.64. The maximum Gasteiger partial charge on any atom is 0.300 e. The molecule has 1 aliphatic carbocycles. The summed E-state index contributed by atoms with van der Waals surface area (Å²) in [5.74, 6) is -0.833. The van der Waals surface area contributed by atoms with Gasteiger partial charge in [-0.05, 0) is 11.6 Å². The van der Waals surface area contributed by atoms with Crippen LogP contribution in [0.5, 0.6) is 0 Å². The molecular weight excluding hydrogens is 204 g/mol. The molecule has 0 amide bonds. The van der Waals surface area contributed by atoms with E-state index < -0.39 is 5.97 Å². The normalized spacial score (nSPS) is 8.36. The molecule has 0 bridgehead atoms. The maximum absolute atomic E-state index is 9.00. The lowest BCUT2D eigenvalue weighted by Crippen LogP contribution is -1.78. The number of hydrogen-bond donors (Lipinski definition) is 1. The first-order valence-corrected chi connectivity index (χ1v) is 3.80. The summed E-state index contributed by atoms with van der Waals surface area (Å²) in [5, 5.41) is 7.42. The lowest BCUT2D eigenvalue weighted by Gasteiger charge is -1.91. The molecule has 1 heterocycles. The Labute approximate surface area is 88.1 Å². The Morgan fingerprint density at radius 2 is 1.86 bits per heavy atom. The summed E-state index contributed by atoms with van der Waals surface area (Å²) in [6.07, 6.45) is 3.43. The number of hydrogen-bond acceptors (Lipinski definition) is 2. The van der Waals surface area contributed by atoms with Crippen molar-refractivity contribution in [2.24, 2.45) is 0 Å². The molecule has 1 N–H and O–H groups in total. The second-order valence-electron chi connectivity index (χ2n) is 2.51. The van der Waals surface area contributed by atoms with Crippen LogP contribution in [0.3, 0.4) is 0 Å². The minimum absolute atomic E-state index is 0. The Morgan fingerprint density at radius 3 is 2.43 bits per heavy atom. The van der Waals surface area contributed by atoms with Crippen molar-refractivity contribution in [3.05, 3.63) is 36.8 Å². The van der Waals surface area contributed by atoms with Crippen LogP contribution in [0.4, 0.5) is 0 Å². The van der Waals surface area contributed by atoms with E-state index in [-0.39, 0.29) is 12.4 Å². The van der Waals surface area contributed by atoms with Crippen LogP contribution in [-0.4, -0.2) is 11.1 Å². The van der Waals surface area contributed by atoms with Crippen molar-refractivity contribution in [3.8, 4) is 11.1 Å². The van der Waals surface area contributed by atoms with Crippen molar-refractivity contribution < 1.29 is 14.3 Å². The summed E-state index contributed by atoms with van der Waals surface area (Å²) < 4.78 is 4.95. The largest absolute Gasteiger partial charge is 0.481 e. The quantitative estimate of drug-likeness (QED) is 0.734. The van der Waals surface area contributed by atoms with E-state index in [0.29, 0.717) is 0 Å². The van der Waals surface area contributed by atoms with E-state index in [4.69, 9.17) is 14.3 Å². The third-order valence-electron chi connectivity index (χ3n) is 1.41. The van der Waals surface area contributed by atoms with Gasteiger partial charge >= 0.3 is 0 Å². The Bertz CT molecular complexity index is 325. The van der Waals surface area contributed by atoms with Crippen molar-refractivity contribution in [2.75, 3.05) is 0 Å². The molecule has 0 fully saturated rings. The van der Waals surface area contributed by atoms with Crippen LogP contribution >= 0.6 is 12.4 Å². The van der Waals surface area contributed by atoms with Crippen molar-refractivity contribution in [1.82, 2.24) is 0 Å². The highest BCUT2D eigenvalue weighted by Gasteiger charge is 1.97. The number of halogens is 1. The van der Waals surface area contributed by atoms with Crippen LogP contribution in [0, 0.1) is 0 Å². The minimum atomic E-state index is -0.833. The fourth-order valence-electron chi connectivity index (χ4n) is 0.932. The zero-order valence-corrected chi connectivity index (χ0v) is 8.45. The van der Waals surface area contributed by atoms with Gasteiger partial charge < -0.3 is 9.52 Å². The third-order valence-corrected chi connectivity index (χ3v) is 1.41. The van der Waals surface area contributed by atoms with Crippen LogP contribution in [-0.2, 0) is 4.79 Å². The Hall–Kier alpha value is -1.48. The van der Waals surface area contributed by atoms with Gasteiger partial charge in [0.2, 0.25) is 0 Å². The first-order chi connectivity index (χ1) is 6.20. The zero-order chi connectivity index (χ0) is 9.68. The smallest absolute Gasteiger partial charge is 0.300 e. The third kappa shape index (κ3) is 3.96. The van der Waals surface area contributed by atoms with E-state index in [1.165, 1.54) is 5.56 Å². The van der Waals surface area contributed by atoms with Gasteiger partial charge in [0.15, 0.2) is 0 Å². The van der Waals surface area contributed by atoms with E-state index in [1.54, 1.807) is 12.5 Å². The molecule has 0 saturated heterocycles. The summed E-state index contributed by atoms with van der Waals surface area (Å²) in [7, 11) is 0. The van der Waals surface area contributed by atoms with Gasteiger partial charge in [0.25, 0.3) is 5.97 Å². The van der Waals surface area contributed by atoms with E-state index in [1.807, 2.05) is 18.2 Å². The Balaban J connectivity index is 0.000000299. The van der Waals surface area contributed by atoms with E-state index >= 15 is 0 Å². The van der Waals surface area contributed by atoms with Crippen LogP contribution in [0.2, 0.25) is 0 Å². The highest BCUT2D eigenvalue weighted by molar-refractivity contribution is 5.85. The molecule has 4 heteroatoms. The number of rotatable bonds is 0. The number of aliphatic carboxylic acids is 1. The van der Waals surface area contributed by atoms with Crippen LogP contribution < -0.4 is 0 Å².